The van der Waals surface area contributed by atoms with Gasteiger partial charge in [-0.2, -0.15) is 18.3 Å². The van der Waals surface area contributed by atoms with Gasteiger partial charge in [0, 0.05) is 37.2 Å². The Morgan fingerprint density at radius 2 is 1.97 bits per heavy atom. The first-order chi connectivity index (χ1) is 14.8. The van der Waals surface area contributed by atoms with Gasteiger partial charge in [0.1, 0.15) is 18.0 Å². The number of benzene rings is 1. The first-order valence-corrected chi connectivity index (χ1v) is 9.56. The van der Waals surface area contributed by atoms with E-state index in [1.165, 1.54) is 6.33 Å². The van der Waals surface area contributed by atoms with Crippen molar-refractivity contribution in [1.82, 2.24) is 19.7 Å². The van der Waals surface area contributed by atoms with Crippen LogP contribution >= 0.6 is 0 Å². The Bertz CT molecular complexity index is 1070. The average molecular weight is 434 g/mol. The van der Waals surface area contributed by atoms with E-state index in [9.17, 15) is 22.4 Å². The molecule has 3 heterocycles. The molecule has 2 aromatic heterocycles. The Labute approximate surface area is 174 Å². The van der Waals surface area contributed by atoms with Crippen LogP contribution in [0.2, 0.25) is 0 Å². The molecule has 1 N–H and O–H groups in total. The van der Waals surface area contributed by atoms with E-state index >= 15 is 0 Å². The van der Waals surface area contributed by atoms with E-state index in [1.807, 2.05) is 4.90 Å². The summed E-state index contributed by atoms with van der Waals surface area (Å²) in [5.74, 6) is -1.07. The normalized spacial score (nSPS) is 16.9. The number of nitrogens with one attached hydrogen (secondary N) is 1. The lowest BCUT2D eigenvalue weighted by Gasteiger charge is -2.33. The molecule has 0 unspecified atom stereocenters. The van der Waals surface area contributed by atoms with Gasteiger partial charge in [0.25, 0.3) is 0 Å². The molecule has 0 saturated carbocycles. The molecular formula is C20H18F4N6O. The van der Waals surface area contributed by atoms with Gasteiger partial charge in [-0.05, 0) is 37.1 Å². The van der Waals surface area contributed by atoms with Crippen LogP contribution in [-0.4, -0.2) is 38.7 Å². The third kappa shape index (κ3) is 4.65. The van der Waals surface area contributed by atoms with Crippen LogP contribution in [0.15, 0.2) is 49.1 Å². The van der Waals surface area contributed by atoms with Gasteiger partial charge in [-0.25, -0.2) is 19.0 Å². The lowest BCUT2D eigenvalue weighted by atomic mass is 9.97. The van der Waals surface area contributed by atoms with E-state index in [2.05, 4.69) is 20.4 Å². The highest BCUT2D eigenvalue weighted by Crippen LogP contribution is 2.33. The number of hydrogen-bond acceptors (Lipinski definition) is 5. The molecule has 3 aromatic rings. The SMILES string of the molecule is O=C(Nc1ccc(F)c(C(F)(F)F)c1)[C@@H]1CCCN(c2cc(-n3cccn3)ncn2)C1. The molecule has 1 saturated heterocycles. The number of rotatable bonds is 4. The quantitative estimate of drug-likeness (QED) is 0.634. The largest absolute Gasteiger partial charge is 0.419 e. The van der Waals surface area contributed by atoms with E-state index in [0.717, 1.165) is 6.07 Å². The standard InChI is InChI=1S/C20H18F4N6O/c21-16-5-4-14(9-15(16)20(22,23)24)28-19(31)13-3-1-7-29(11-13)17-10-18(26-12-25-17)30-8-2-6-27-30/h2,4-6,8-10,12-13H,1,3,7,11H2,(H,28,31)/t13-/m1/s1. The molecule has 7 nitrogen and oxygen atoms in total. The predicted octanol–water partition coefficient (Wildman–Crippen LogP) is 3.68. The summed E-state index contributed by atoms with van der Waals surface area (Å²) in [6, 6.07) is 5.94. The zero-order valence-corrected chi connectivity index (χ0v) is 16.2. The average Bonchev–Trinajstić information content (AvgIpc) is 3.29. The maximum atomic E-state index is 13.5. The summed E-state index contributed by atoms with van der Waals surface area (Å²) in [4.78, 5) is 23.1. The number of carbonyl (C=O) groups excluding carboxylic acids is 1. The van der Waals surface area contributed by atoms with Gasteiger partial charge in [0.2, 0.25) is 5.91 Å². The summed E-state index contributed by atoms with van der Waals surface area (Å²) >= 11 is 0. The molecule has 1 fully saturated rings. The van der Waals surface area contributed by atoms with Crippen molar-refractivity contribution in [2.75, 3.05) is 23.3 Å². The van der Waals surface area contributed by atoms with Crippen molar-refractivity contribution in [3.63, 3.8) is 0 Å². The maximum absolute atomic E-state index is 13.5. The summed E-state index contributed by atoms with van der Waals surface area (Å²) in [5.41, 5.74) is -1.51. The fraction of sp³-hybridized carbons (Fsp3) is 0.300. The highest BCUT2D eigenvalue weighted by atomic mass is 19.4. The number of nitrogens with zero attached hydrogens (tertiary/aromatic N) is 5. The Balaban J connectivity index is 1.47. The second kappa shape index (κ2) is 8.32. The van der Waals surface area contributed by atoms with Crippen LogP contribution in [0.4, 0.5) is 29.1 Å². The number of halogens is 4. The van der Waals surface area contributed by atoms with Gasteiger partial charge in [-0.15, -0.1) is 0 Å². The smallest absolute Gasteiger partial charge is 0.356 e. The molecule has 1 aliphatic rings. The molecule has 11 heteroatoms. The van der Waals surface area contributed by atoms with Crippen molar-refractivity contribution in [3.05, 3.63) is 60.4 Å². The minimum Gasteiger partial charge on any atom is -0.356 e. The zero-order chi connectivity index (χ0) is 22.0. The molecule has 0 spiro atoms. The molecule has 1 aliphatic heterocycles. The number of amides is 1. The second-order valence-corrected chi connectivity index (χ2v) is 7.15. The summed E-state index contributed by atoms with van der Waals surface area (Å²) < 4.78 is 53.8. The van der Waals surface area contributed by atoms with Crippen LogP contribution in [0.3, 0.4) is 0 Å². The van der Waals surface area contributed by atoms with E-state index in [-0.39, 0.29) is 5.69 Å². The Morgan fingerprint density at radius 1 is 1.16 bits per heavy atom. The van der Waals surface area contributed by atoms with Gasteiger partial charge < -0.3 is 10.2 Å². The molecule has 31 heavy (non-hydrogen) atoms. The van der Waals surface area contributed by atoms with Gasteiger partial charge in [-0.3, -0.25) is 4.79 Å². The van der Waals surface area contributed by atoms with Crippen LogP contribution in [0.1, 0.15) is 18.4 Å². The Hall–Kier alpha value is -3.50. The lowest BCUT2D eigenvalue weighted by Crippen LogP contribution is -2.41. The Morgan fingerprint density at radius 3 is 2.71 bits per heavy atom. The van der Waals surface area contributed by atoms with Crippen molar-refractivity contribution in [1.29, 1.82) is 0 Å². The molecule has 1 amide bonds. The van der Waals surface area contributed by atoms with Crippen molar-refractivity contribution in [2.45, 2.75) is 19.0 Å². The van der Waals surface area contributed by atoms with Crippen LogP contribution in [0, 0.1) is 11.7 Å². The molecule has 0 radical (unpaired) electrons. The van der Waals surface area contributed by atoms with E-state index in [4.69, 9.17) is 0 Å². The number of piperidine rings is 1. The van der Waals surface area contributed by atoms with Crippen LogP contribution in [0.25, 0.3) is 5.82 Å². The highest BCUT2D eigenvalue weighted by molar-refractivity contribution is 5.93. The number of aromatic nitrogens is 4. The summed E-state index contributed by atoms with van der Waals surface area (Å²) in [6.07, 6.45) is 1.22. The Kier molecular flexibility index (Phi) is 5.57. The monoisotopic (exact) mass is 434 g/mol. The molecule has 162 valence electrons. The molecule has 1 aromatic carbocycles. The lowest BCUT2D eigenvalue weighted by molar-refractivity contribution is -0.140. The van der Waals surface area contributed by atoms with Crippen molar-refractivity contribution >= 4 is 17.4 Å². The molecule has 0 bridgehead atoms. The van der Waals surface area contributed by atoms with Crippen molar-refractivity contribution in [2.24, 2.45) is 5.92 Å². The summed E-state index contributed by atoms with van der Waals surface area (Å²) in [5, 5.41) is 6.61. The summed E-state index contributed by atoms with van der Waals surface area (Å²) in [6.45, 7) is 1.02. The fourth-order valence-electron chi connectivity index (χ4n) is 3.50. The van der Waals surface area contributed by atoms with Crippen LogP contribution < -0.4 is 10.2 Å². The minimum absolute atomic E-state index is 0.0983. The van der Waals surface area contributed by atoms with E-state index in [1.54, 1.807) is 29.2 Å². The number of alkyl halides is 3. The van der Waals surface area contributed by atoms with Gasteiger partial charge in [-0.1, -0.05) is 0 Å². The maximum Gasteiger partial charge on any atom is 0.419 e. The topological polar surface area (TPSA) is 75.9 Å². The molecule has 4 rings (SSSR count). The second-order valence-electron chi connectivity index (χ2n) is 7.15. The van der Waals surface area contributed by atoms with Crippen LogP contribution in [0.5, 0.6) is 0 Å². The number of carbonyl (C=O) groups is 1. The van der Waals surface area contributed by atoms with Gasteiger partial charge >= 0.3 is 6.18 Å². The first kappa shape index (κ1) is 20.8. The van der Waals surface area contributed by atoms with Gasteiger partial charge in [0.15, 0.2) is 5.82 Å². The van der Waals surface area contributed by atoms with E-state index in [0.29, 0.717) is 49.7 Å². The zero-order valence-electron chi connectivity index (χ0n) is 16.2. The highest BCUT2D eigenvalue weighted by Gasteiger charge is 2.34. The molecule has 1 atom stereocenters. The number of hydrogen-bond donors (Lipinski definition) is 1. The summed E-state index contributed by atoms with van der Waals surface area (Å²) in [7, 11) is 0. The third-order valence-corrected chi connectivity index (χ3v) is 5.03. The molecular weight excluding hydrogens is 416 g/mol. The number of anilines is 2. The minimum atomic E-state index is -4.84. The van der Waals surface area contributed by atoms with Crippen LogP contribution in [-0.2, 0) is 11.0 Å². The third-order valence-electron chi connectivity index (χ3n) is 5.03. The fourth-order valence-corrected chi connectivity index (χ4v) is 3.50. The first-order valence-electron chi connectivity index (χ1n) is 9.56. The van der Waals surface area contributed by atoms with Crippen molar-refractivity contribution in [3.8, 4) is 5.82 Å². The predicted molar refractivity (Wildman–Crippen MR) is 104 cm³/mol. The molecule has 0 aliphatic carbocycles. The van der Waals surface area contributed by atoms with Gasteiger partial charge in [0.05, 0.1) is 11.5 Å². The van der Waals surface area contributed by atoms with Crippen molar-refractivity contribution < 1.29 is 22.4 Å². The van der Waals surface area contributed by atoms with E-state index < -0.39 is 29.4 Å².